The van der Waals surface area contributed by atoms with Crippen LogP contribution in [0.15, 0.2) is 18.2 Å². The first-order valence-electron chi connectivity index (χ1n) is 5.81. The number of aryl methyl sites for hydroxylation is 1. The Labute approximate surface area is 99.9 Å². The van der Waals surface area contributed by atoms with Crippen molar-refractivity contribution in [1.29, 1.82) is 0 Å². The van der Waals surface area contributed by atoms with Gasteiger partial charge in [-0.25, -0.2) is 4.39 Å². The normalized spacial score (nSPS) is 19.7. The van der Waals surface area contributed by atoms with Crippen LogP contribution in [-0.2, 0) is 0 Å². The molecule has 1 fully saturated rings. The molecule has 0 bridgehead atoms. The second-order valence-corrected chi connectivity index (χ2v) is 4.44. The molecule has 2 rings (SSSR count). The molecule has 1 heterocycles. The number of nitrogens with zero attached hydrogens (tertiary/aromatic N) is 1. The Morgan fingerprint density at radius 2 is 2.35 bits per heavy atom. The molecule has 1 amide bonds. The highest BCUT2D eigenvalue weighted by Crippen LogP contribution is 2.20. The van der Waals surface area contributed by atoms with Crippen molar-refractivity contribution in [3.8, 4) is 0 Å². The minimum absolute atomic E-state index is 0.0277. The molecule has 0 saturated carbocycles. The van der Waals surface area contributed by atoms with E-state index in [2.05, 4.69) is 0 Å². The lowest BCUT2D eigenvalue weighted by Crippen LogP contribution is -2.37. The molecule has 1 N–H and O–H groups in total. The number of likely N-dealkylation sites (tertiary alicyclic amines) is 1. The number of aliphatic hydroxyl groups excluding tert-OH is 1. The summed E-state index contributed by atoms with van der Waals surface area (Å²) in [5, 5.41) is 9.16. The van der Waals surface area contributed by atoms with E-state index in [0.717, 1.165) is 12.8 Å². The predicted octanol–water partition coefficient (Wildman–Crippen LogP) is 1.73. The molecule has 1 aliphatic rings. The third-order valence-electron chi connectivity index (χ3n) is 3.27. The van der Waals surface area contributed by atoms with Gasteiger partial charge in [0.2, 0.25) is 0 Å². The van der Waals surface area contributed by atoms with Crippen molar-refractivity contribution in [3.63, 3.8) is 0 Å². The number of rotatable bonds is 2. The van der Waals surface area contributed by atoms with Crippen LogP contribution in [0, 0.1) is 12.7 Å². The number of aliphatic hydroxyl groups is 1. The van der Waals surface area contributed by atoms with Gasteiger partial charge in [-0.1, -0.05) is 6.07 Å². The van der Waals surface area contributed by atoms with Gasteiger partial charge in [0.05, 0.1) is 12.6 Å². The number of hydrogen-bond donors (Lipinski definition) is 1. The van der Waals surface area contributed by atoms with Gasteiger partial charge in [0.25, 0.3) is 5.91 Å². The van der Waals surface area contributed by atoms with Crippen LogP contribution >= 0.6 is 0 Å². The molecule has 1 saturated heterocycles. The summed E-state index contributed by atoms with van der Waals surface area (Å²) in [4.78, 5) is 13.8. The summed E-state index contributed by atoms with van der Waals surface area (Å²) < 4.78 is 13.4. The summed E-state index contributed by atoms with van der Waals surface area (Å²) in [6.45, 7) is 2.27. The Kier molecular flexibility index (Phi) is 3.43. The van der Waals surface area contributed by atoms with Crippen LogP contribution in [0.1, 0.15) is 28.8 Å². The van der Waals surface area contributed by atoms with Gasteiger partial charge in [0.1, 0.15) is 5.82 Å². The lowest BCUT2D eigenvalue weighted by molar-refractivity contribution is 0.0677. The van der Waals surface area contributed by atoms with Crippen molar-refractivity contribution in [2.45, 2.75) is 25.8 Å². The Morgan fingerprint density at radius 1 is 1.59 bits per heavy atom. The van der Waals surface area contributed by atoms with E-state index in [1.807, 2.05) is 0 Å². The molecule has 0 radical (unpaired) electrons. The largest absolute Gasteiger partial charge is 0.394 e. The van der Waals surface area contributed by atoms with Crippen LogP contribution in [0.25, 0.3) is 0 Å². The van der Waals surface area contributed by atoms with E-state index in [0.29, 0.717) is 17.7 Å². The van der Waals surface area contributed by atoms with E-state index in [1.165, 1.54) is 6.07 Å². The highest BCUT2D eigenvalue weighted by atomic mass is 19.1. The van der Waals surface area contributed by atoms with Crippen LogP contribution in [-0.4, -0.2) is 35.1 Å². The van der Waals surface area contributed by atoms with E-state index in [4.69, 9.17) is 5.11 Å². The van der Waals surface area contributed by atoms with Gasteiger partial charge in [0, 0.05) is 12.1 Å². The second kappa shape index (κ2) is 4.84. The lowest BCUT2D eigenvalue weighted by atomic mass is 10.1. The summed E-state index contributed by atoms with van der Waals surface area (Å²) in [7, 11) is 0. The van der Waals surface area contributed by atoms with Gasteiger partial charge >= 0.3 is 0 Å². The zero-order chi connectivity index (χ0) is 12.4. The quantitative estimate of drug-likeness (QED) is 0.851. The molecule has 0 unspecified atom stereocenters. The Morgan fingerprint density at radius 3 is 3.00 bits per heavy atom. The maximum absolute atomic E-state index is 13.4. The molecule has 1 atom stereocenters. The second-order valence-electron chi connectivity index (χ2n) is 4.44. The van der Waals surface area contributed by atoms with Gasteiger partial charge < -0.3 is 10.0 Å². The third-order valence-corrected chi connectivity index (χ3v) is 3.27. The molecule has 92 valence electrons. The molecule has 4 heteroatoms. The number of benzene rings is 1. The molecular weight excluding hydrogens is 221 g/mol. The zero-order valence-corrected chi connectivity index (χ0v) is 9.82. The fourth-order valence-corrected chi connectivity index (χ4v) is 2.18. The Hall–Kier alpha value is -1.42. The average Bonchev–Trinajstić information content (AvgIpc) is 2.80. The summed E-state index contributed by atoms with van der Waals surface area (Å²) in [6, 6.07) is 4.39. The fraction of sp³-hybridized carbons (Fsp3) is 0.462. The van der Waals surface area contributed by atoms with E-state index < -0.39 is 0 Å². The topological polar surface area (TPSA) is 40.5 Å². The highest BCUT2D eigenvalue weighted by molar-refractivity contribution is 5.94. The number of amides is 1. The lowest BCUT2D eigenvalue weighted by Gasteiger charge is -2.23. The van der Waals surface area contributed by atoms with E-state index in [9.17, 15) is 9.18 Å². The minimum Gasteiger partial charge on any atom is -0.394 e. The molecule has 3 nitrogen and oxygen atoms in total. The first-order chi connectivity index (χ1) is 8.13. The first-order valence-corrected chi connectivity index (χ1v) is 5.81. The van der Waals surface area contributed by atoms with Gasteiger partial charge in [-0.05, 0) is 37.5 Å². The first kappa shape index (κ1) is 12.0. The monoisotopic (exact) mass is 237 g/mol. The highest BCUT2D eigenvalue weighted by Gasteiger charge is 2.28. The molecule has 1 aromatic rings. The number of carbonyl (C=O) groups excluding carboxylic acids is 1. The Bertz CT molecular complexity index is 433. The van der Waals surface area contributed by atoms with Gasteiger partial charge in [-0.3, -0.25) is 4.79 Å². The predicted molar refractivity (Wildman–Crippen MR) is 62.3 cm³/mol. The summed E-state index contributed by atoms with van der Waals surface area (Å²) in [5.74, 6) is -0.559. The smallest absolute Gasteiger partial charge is 0.254 e. The summed E-state index contributed by atoms with van der Waals surface area (Å²) in [5.41, 5.74) is 0.884. The van der Waals surface area contributed by atoms with Crippen molar-refractivity contribution in [1.82, 2.24) is 4.90 Å². The van der Waals surface area contributed by atoms with Crippen LogP contribution in [0.4, 0.5) is 4.39 Å². The SMILES string of the molecule is Cc1ccc(C(=O)N2CCC[C@@H]2CO)cc1F. The van der Waals surface area contributed by atoms with Crippen molar-refractivity contribution in [2.24, 2.45) is 0 Å². The maximum Gasteiger partial charge on any atom is 0.254 e. The zero-order valence-electron chi connectivity index (χ0n) is 9.82. The van der Waals surface area contributed by atoms with Crippen molar-refractivity contribution < 1.29 is 14.3 Å². The van der Waals surface area contributed by atoms with Crippen molar-refractivity contribution >= 4 is 5.91 Å². The van der Waals surface area contributed by atoms with Crippen molar-refractivity contribution in [3.05, 3.63) is 35.1 Å². The van der Waals surface area contributed by atoms with Crippen LogP contribution in [0.5, 0.6) is 0 Å². The van der Waals surface area contributed by atoms with E-state index >= 15 is 0 Å². The van der Waals surface area contributed by atoms with E-state index in [1.54, 1.807) is 24.0 Å². The molecule has 0 aliphatic carbocycles. The van der Waals surface area contributed by atoms with Gasteiger partial charge in [0.15, 0.2) is 0 Å². The number of halogens is 1. The molecule has 17 heavy (non-hydrogen) atoms. The van der Waals surface area contributed by atoms with Crippen LogP contribution < -0.4 is 0 Å². The Balaban J connectivity index is 2.21. The van der Waals surface area contributed by atoms with E-state index in [-0.39, 0.29) is 24.4 Å². The standard InChI is InChI=1S/C13H16FNO2/c1-9-4-5-10(7-12(9)14)13(17)15-6-2-3-11(15)8-16/h4-5,7,11,16H,2-3,6,8H2,1H3/t11-/m1/s1. The number of hydrogen-bond acceptors (Lipinski definition) is 2. The van der Waals surface area contributed by atoms with Crippen LogP contribution in [0.3, 0.4) is 0 Å². The van der Waals surface area contributed by atoms with Gasteiger partial charge in [-0.2, -0.15) is 0 Å². The average molecular weight is 237 g/mol. The summed E-state index contributed by atoms with van der Waals surface area (Å²) >= 11 is 0. The van der Waals surface area contributed by atoms with Gasteiger partial charge in [-0.15, -0.1) is 0 Å². The molecule has 0 spiro atoms. The fourth-order valence-electron chi connectivity index (χ4n) is 2.18. The molecule has 0 aromatic heterocycles. The molecule has 1 aliphatic heterocycles. The molecular formula is C13H16FNO2. The van der Waals surface area contributed by atoms with Crippen molar-refractivity contribution in [2.75, 3.05) is 13.2 Å². The summed E-state index contributed by atoms with van der Waals surface area (Å²) in [6.07, 6.45) is 1.71. The van der Waals surface area contributed by atoms with Crippen LogP contribution in [0.2, 0.25) is 0 Å². The third kappa shape index (κ3) is 2.31. The molecule has 1 aromatic carbocycles. The maximum atomic E-state index is 13.4. The minimum atomic E-state index is -0.365. The number of carbonyl (C=O) groups is 1.